The quantitative estimate of drug-likeness (QED) is 0.140. The summed E-state index contributed by atoms with van der Waals surface area (Å²) >= 11 is 0. The number of hydrogen-bond acceptors (Lipinski definition) is 2. The molecule has 7 rings (SSSR count). The molecule has 0 N–H and O–H groups in total. The fraction of sp³-hybridized carbons (Fsp3) is 0.283. The smallest absolute Gasteiger partial charge is 0.209 e. The third-order valence-electron chi connectivity index (χ3n) is 10.9. The van der Waals surface area contributed by atoms with Crippen LogP contribution in [-0.2, 0) is 23.7 Å². The first-order valence-electron chi connectivity index (χ1n) is 17.8. The Hall–Kier alpha value is -4.89. The maximum atomic E-state index is 5.72. The van der Waals surface area contributed by atoms with Crippen molar-refractivity contribution < 1.29 is 9.31 Å². The first kappa shape index (κ1) is 32.6. The topological polar surface area (TPSA) is 15.5 Å². The Bertz CT molecular complexity index is 2070. The monoisotopic (exact) mass is 645 g/mol. The molecule has 5 aromatic rings. The van der Waals surface area contributed by atoms with Gasteiger partial charge in [0.1, 0.15) is 12.8 Å². The SMILES string of the molecule is COc1ccc2c(c1)C(C)(Cc1ccccc1)C(C=CC=C1N(CCC(C)C)c3cc4ccccc4cc3C1(C)Cc1ccccc1)=[N+]2C. The Morgan fingerprint density at radius 1 is 0.735 bits per heavy atom. The first-order chi connectivity index (χ1) is 23.7. The lowest BCUT2D eigenvalue weighted by Gasteiger charge is -2.31. The zero-order valence-corrected chi connectivity index (χ0v) is 29.9. The molecule has 5 aromatic carbocycles. The number of allylic oxidation sites excluding steroid dienone is 4. The predicted octanol–water partition coefficient (Wildman–Crippen LogP) is 10.6. The van der Waals surface area contributed by atoms with Crippen LogP contribution in [0, 0.1) is 5.92 Å². The lowest BCUT2D eigenvalue weighted by Crippen LogP contribution is -2.33. The number of rotatable bonds is 10. The van der Waals surface area contributed by atoms with Crippen LogP contribution < -0.4 is 9.64 Å². The summed E-state index contributed by atoms with van der Waals surface area (Å²) in [5.41, 5.74) is 10.2. The van der Waals surface area contributed by atoms with Crippen molar-refractivity contribution in [2.24, 2.45) is 5.92 Å². The fourth-order valence-corrected chi connectivity index (χ4v) is 8.28. The summed E-state index contributed by atoms with van der Waals surface area (Å²) in [6.45, 7) is 10.5. The summed E-state index contributed by atoms with van der Waals surface area (Å²) in [7, 11) is 3.96. The number of ether oxygens (including phenoxy) is 1. The summed E-state index contributed by atoms with van der Waals surface area (Å²) in [4.78, 5) is 2.63. The number of anilines is 1. The molecule has 0 saturated carbocycles. The molecule has 3 nitrogen and oxygen atoms in total. The van der Waals surface area contributed by atoms with E-state index in [9.17, 15) is 0 Å². The van der Waals surface area contributed by atoms with Crippen LogP contribution in [0.1, 0.15) is 56.4 Å². The second kappa shape index (κ2) is 13.2. The molecule has 2 unspecified atom stereocenters. The lowest BCUT2D eigenvalue weighted by atomic mass is 9.74. The number of methoxy groups -OCH3 is 1. The van der Waals surface area contributed by atoms with Crippen molar-refractivity contribution in [1.29, 1.82) is 0 Å². The highest BCUT2D eigenvalue weighted by molar-refractivity contribution is 6.04. The van der Waals surface area contributed by atoms with Gasteiger partial charge in [0.15, 0.2) is 5.71 Å². The molecule has 2 atom stereocenters. The van der Waals surface area contributed by atoms with Crippen molar-refractivity contribution in [2.45, 2.75) is 57.8 Å². The van der Waals surface area contributed by atoms with Gasteiger partial charge in [0.25, 0.3) is 0 Å². The summed E-state index contributed by atoms with van der Waals surface area (Å²) in [5, 5.41) is 2.59. The van der Waals surface area contributed by atoms with E-state index in [-0.39, 0.29) is 10.8 Å². The van der Waals surface area contributed by atoms with Crippen molar-refractivity contribution in [2.75, 3.05) is 25.6 Å². The van der Waals surface area contributed by atoms with E-state index >= 15 is 0 Å². The molecule has 248 valence electrons. The zero-order valence-electron chi connectivity index (χ0n) is 29.9. The number of nitrogens with zero attached hydrogens (tertiary/aromatic N) is 2. The first-order valence-corrected chi connectivity index (χ1v) is 17.8. The maximum Gasteiger partial charge on any atom is 0.209 e. The van der Waals surface area contributed by atoms with Gasteiger partial charge in [0.05, 0.1) is 12.5 Å². The van der Waals surface area contributed by atoms with E-state index in [0.717, 1.165) is 31.6 Å². The van der Waals surface area contributed by atoms with Gasteiger partial charge in [-0.3, -0.25) is 0 Å². The average molecular weight is 646 g/mol. The predicted molar refractivity (Wildman–Crippen MR) is 207 cm³/mol. The van der Waals surface area contributed by atoms with E-state index in [4.69, 9.17) is 4.74 Å². The fourth-order valence-electron chi connectivity index (χ4n) is 8.28. The Kier molecular flexibility index (Phi) is 8.79. The van der Waals surface area contributed by atoms with Crippen molar-refractivity contribution >= 4 is 27.9 Å². The Labute approximate surface area is 292 Å². The molecular formula is C46H49N2O+. The molecule has 0 spiro atoms. The van der Waals surface area contributed by atoms with E-state index in [2.05, 4.69) is 178 Å². The van der Waals surface area contributed by atoms with Gasteiger partial charge in [-0.25, -0.2) is 0 Å². The van der Waals surface area contributed by atoms with E-state index in [1.165, 1.54) is 55.8 Å². The third-order valence-corrected chi connectivity index (χ3v) is 10.9. The molecule has 0 radical (unpaired) electrons. The van der Waals surface area contributed by atoms with E-state index < -0.39 is 0 Å². The number of fused-ring (bicyclic) bond motifs is 3. The minimum Gasteiger partial charge on any atom is -0.497 e. The van der Waals surface area contributed by atoms with Crippen LogP contribution in [0.5, 0.6) is 5.75 Å². The molecule has 2 aliphatic heterocycles. The maximum absolute atomic E-state index is 5.72. The molecule has 49 heavy (non-hydrogen) atoms. The highest BCUT2D eigenvalue weighted by atomic mass is 16.5. The van der Waals surface area contributed by atoms with Gasteiger partial charge < -0.3 is 9.64 Å². The summed E-state index contributed by atoms with van der Waals surface area (Å²) in [6, 6.07) is 42.1. The molecule has 0 amide bonds. The van der Waals surface area contributed by atoms with E-state index in [1.807, 2.05) is 0 Å². The molecule has 0 aromatic heterocycles. The van der Waals surface area contributed by atoms with Gasteiger partial charge in [-0.15, -0.1) is 0 Å². The van der Waals surface area contributed by atoms with Gasteiger partial charge in [0, 0.05) is 41.1 Å². The Morgan fingerprint density at radius 2 is 1.35 bits per heavy atom. The van der Waals surface area contributed by atoms with Crippen LogP contribution in [0.15, 0.2) is 139 Å². The van der Waals surface area contributed by atoms with Crippen LogP contribution in [0.3, 0.4) is 0 Å². The van der Waals surface area contributed by atoms with E-state index in [0.29, 0.717) is 5.92 Å². The normalized spacial score (nSPS) is 21.0. The Balaban J connectivity index is 1.36. The average Bonchev–Trinajstić information content (AvgIpc) is 3.45. The number of benzene rings is 5. The molecular weight excluding hydrogens is 597 g/mol. The molecule has 0 saturated heterocycles. The van der Waals surface area contributed by atoms with E-state index in [1.54, 1.807) is 7.11 Å². The second-order valence-electron chi connectivity index (χ2n) is 14.8. The van der Waals surface area contributed by atoms with Crippen LogP contribution in [0.2, 0.25) is 0 Å². The molecule has 0 bridgehead atoms. The van der Waals surface area contributed by atoms with Gasteiger partial charge in [0.2, 0.25) is 5.69 Å². The molecule has 0 fully saturated rings. The van der Waals surface area contributed by atoms with Crippen LogP contribution in [0.25, 0.3) is 10.8 Å². The highest BCUT2D eigenvalue weighted by Gasteiger charge is 2.47. The van der Waals surface area contributed by atoms with Gasteiger partial charge >= 0.3 is 0 Å². The largest absolute Gasteiger partial charge is 0.497 e. The molecule has 0 aliphatic carbocycles. The highest BCUT2D eigenvalue weighted by Crippen LogP contribution is 2.51. The number of hydrogen-bond donors (Lipinski definition) is 0. The van der Waals surface area contributed by atoms with Crippen molar-refractivity contribution in [3.05, 3.63) is 161 Å². The minimum absolute atomic E-state index is 0.196. The summed E-state index contributed by atoms with van der Waals surface area (Å²) in [5.74, 6) is 1.51. The summed E-state index contributed by atoms with van der Waals surface area (Å²) < 4.78 is 8.10. The molecule has 3 heteroatoms. The van der Waals surface area contributed by atoms with Crippen LogP contribution >= 0.6 is 0 Å². The zero-order chi connectivity index (χ0) is 34.2. The minimum atomic E-state index is -0.226. The third kappa shape index (κ3) is 6.01. The van der Waals surface area contributed by atoms with Crippen molar-refractivity contribution in [1.82, 2.24) is 0 Å². The molecule has 2 heterocycles. The lowest BCUT2D eigenvalue weighted by molar-refractivity contribution is -0.401. The second-order valence-corrected chi connectivity index (χ2v) is 14.8. The van der Waals surface area contributed by atoms with Gasteiger partial charge in [-0.2, -0.15) is 4.58 Å². The van der Waals surface area contributed by atoms with Gasteiger partial charge in [-0.1, -0.05) is 105 Å². The van der Waals surface area contributed by atoms with Crippen LogP contribution in [-0.4, -0.2) is 31.0 Å². The molecule has 2 aliphatic rings. The van der Waals surface area contributed by atoms with Crippen molar-refractivity contribution in [3.63, 3.8) is 0 Å². The summed E-state index contributed by atoms with van der Waals surface area (Å²) in [6.07, 6.45) is 10.1. The van der Waals surface area contributed by atoms with Gasteiger partial charge in [-0.05, 0) is 96.8 Å². The van der Waals surface area contributed by atoms with Crippen molar-refractivity contribution in [3.8, 4) is 5.75 Å². The Morgan fingerprint density at radius 3 is 1.98 bits per heavy atom. The standard InChI is InChI=1S/C46H49N2O/c1-33(2)26-27-48-42-29-37-21-14-13-20-36(37)28-39(42)46(4,32-35-18-11-8-12-19-35)44(48)23-15-22-43-45(3,31-34-16-9-7-10-17-34)40-30-38(49-6)24-25-41(40)47(43)5/h7-25,28-30,33H,26-27,31-32H2,1-6H3/q+1. The van der Waals surface area contributed by atoms with Crippen LogP contribution in [0.4, 0.5) is 11.4 Å².